The molecule has 2 N–H and O–H groups in total. The average Bonchev–Trinajstić information content (AvgIpc) is 2.74. The lowest BCUT2D eigenvalue weighted by atomic mass is 9.95. The molecule has 2 aromatic rings. The van der Waals surface area contributed by atoms with Crippen LogP contribution in [-0.2, 0) is 16.0 Å². The monoisotopic (exact) mass is 398 g/mol. The highest BCUT2D eigenvalue weighted by Crippen LogP contribution is 2.28. The Balaban J connectivity index is 2.21. The number of carbonyl (C=O) groups is 2. The van der Waals surface area contributed by atoms with E-state index in [1.165, 1.54) is 7.11 Å². The van der Waals surface area contributed by atoms with Gasteiger partial charge in [-0.15, -0.1) is 0 Å². The second-order valence-corrected chi connectivity index (χ2v) is 6.97. The molecule has 0 aromatic heterocycles. The van der Waals surface area contributed by atoms with Crippen molar-refractivity contribution in [1.82, 2.24) is 5.32 Å². The molecule has 1 atom stereocenters. The number of carboxylic acids is 1. The maximum absolute atomic E-state index is 12.4. The Hall–Kier alpha value is -2.86. The lowest BCUT2D eigenvalue weighted by Gasteiger charge is -2.20. The van der Waals surface area contributed by atoms with Crippen molar-refractivity contribution >= 4 is 17.7 Å². The minimum Gasteiger partial charge on any atom is -0.479 e. The van der Waals surface area contributed by atoms with Crippen molar-refractivity contribution in [3.05, 3.63) is 54.1 Å². The van der Waals surface area contributed by atoms with Gasteiger partial charge in [0.05, 0.1) is 0 Å². The summed E-state index contributed by atoms with van der Waals surface area (Å²) in [7, 11) is 3.14. The molecule has 6 nitrogen and oxygen atoms in total. The van der Waals surface area contributed by atoms with Crippen LogP contribution in [-0.4, -0.2) is 43.9 Å². The number of unbranched alkanes of at least 4 members (excludes halogenated alkanes) is 2. The van der Waals surface area contributed by atoms with E-state index >= 15 is 0 Å². The van der Waals surface area contributed by atoms with Crippen LogP contribution in [0.2, 0.25) is 0 Å². The Morgan fingerprint density at radius 3 is 2.59 bits per heavy atom. The minimum atomic E-state index is -0.990. The predicted octanol–water partition coefficient (Wildman–Crippen LogP) is 4.33. The van der Waals surface area contributed by atoms with E-state index < -0.39 is 12.1 Å². The maximum atomic E-state index is 12.4. The number of rotatable bonds is 10. The van der Waals surface area contributed by atoms with Gasteiger partial charge in [0.15, 0.2) is 6.10 Å². The van der Waals surface area contributed by atoms with E-state index in [0.717, 1.165) is 41.6 Å². The smallest absolute Gasteiger partial charge is 0.333 e. The molecule has 6 heteroatoms. The largest absolute Gasteiger partial charge is 0.479 e. The van der Waals surface area contributed by atoms with Gasteiger partial charge in [-0.3, -0.25) is 4.90 Å². The van der Waals surface area contributed by atoms with Crippen LogP contribution in [0, 0.1) is 0 Å². The number of anilines is 1. The molecule has 0 fully saturated rings. The van der Waals surface area contributed by atoms with Crippen molar-refractivity contribution < 1.29 is 19.4 Å². The standard InChI is InChI=1S/C23H30N2O4/c1-4-5-8-14-24-23(28)25(2)19-12-9-11-17(15-19)20-13-7-6-10-18(20)16-21(29-3)22(26)27/h6-7,9-13,15,21H,4-5,8,14,16H2,1-3H3,(H,24,28)(H,26,27)/t21-/m0/s1. The van der Waals surface area contributed by atoms with Crippen molar-refractivity contribution in [2.24, 2.45) is 0 Å². The number of urea groups is 1. The van der Waals surface area contributed by atoms with Gasteiger partial charge in [-0.05, 0) is 35.2 Å². The first-order chi connectivity index (χ1) is 14.0. The molecule has 0 radical (unpaired) electrons. The van der Waals surface area contributed by atoms with Gasteiger partial charge in [0.1, 0.15) is 0 Å². The molecular formula is C23H30N2O4. The summed E-state index contributed by atoms with van der Waals surface area (Å²) in [4.78, 5) is 25.4. The second kappa shape index (κ2) is 11.2. The molecule has 2 amide bonds. The number of nitrogens with zero attached hydrogens (tertiary/aromatic N) is 1. The van der Waals surface area contributed by atoms with Crippen molar-refractivity contribution in [3.63, 3.8) is 0 Å². The summed E-state index contributed by atoms with van der Waals surface area (Å²) in [5.74, 6) is -0.990. The second-order valence-electron chi connectivity index (χ2n) is 6.97. The third-order valence-electron chi connectivity index (χ3n) is 4.89. The van der Waals surface area contributed by atoms with Crippen LogP contribution in [0.5, 0.6) is 0 Å². The van der Waals surface area contributed by atoms with E-state index in [4.69, 9.17) is 4.74 Å². The van der Waals surface area contributed by atoms with Crippen LogP contribution in [0.3, 0.4) is 0 Å². The molecule has 0 heterocycles. The number of carboxylic acid groups (broad SMARTS) is 1. The lowest BCUT2D eigenvalue weighted by Crippen LogP contribution is -2.37. The fraction of sp³-hybridized carbons (Fsp3) is 0.391. The third kappa shape index (κ3) is 6.32. The van der Waals surface area contributed by atoms with Gasteiger partial charge in [-0.1, -0.05) is 56.2 Å². The van der Waals surface area contributed by atoms with Gasteiger partial charge in [0.2, 0.25) is 0 Å². The molecule has 156 valence electrons. The first-order valence-corrected chi connectivity index (χ1v) is 9.93. The molecule has 2 aromatic carbocycles. The van der Waals surface area contributed by atoms with Gasteiger partial charge in [0.25, 0.3) is 0 Å². The first-order valence-electron chi connectivity index (χ1n) is 9.93. The lowest BCUT2D eigenvalue weighted by molar-refractivity contribution is -0.148. The van der Waals surface area contributed by atoms with Crippen LogP contribution >= 0.6 is 0 Å². The fourth-order valence-corrected chi connectivity index (χ4v) is 3.14. The number of carbonyl (C=O) groups excluding carboxylic acids is 1. The SMILES string of the molecule is CCCCCNC(=O)N(C)c1cccc(-c2ccccc2C[C@H](OC)C(=O)O)c1. The van der Waals surface area contributed by atoms with E-state index in [1.54, 1.807) is 11.9 Å². The van der Waals surface area contributed by atoms with Crippen LogP contribution in [0.15, 0.2) is 48.5 Å². The number of benzene rings is 2. The zero-order valence-corrected chi connectivity index (χ0v) is 17.4. The number of aliphatic carboxylic acids is 1. The number of hydrogen-bond donors (Lipinski definition) is 2. The topological polar surface area (TPSA) is 78.9 Å². The molecule has 29 heavy (non-hydrogen) atoms. The van der Waals surface area contributed by atoms with E-state index in [2.05, 4.69) is 12.2 Å². The summed E-state index contributed by atoms with van der Waals surface area (Å²) >= 11 is 0. The summed E-state index contributed by atoms with van der Waals surface area (Å²) in [6.07, 6.45) is 2.53. The van der Waals surface area contributed by atoms with Crippen molar-refractivity contribution in [2.75, 3.05) is 25.6 Å². The van der Waals surface area contributed by atoms with Crippen molar-refractivity contribution in [1.29, 1.82) is 0 Å². The minimum absolute atomic E-state index is 0.142. The summed E-state index contributed by atoms with van der Waals surface area (Å²) < 4.78 is 5.09. The average molecular weight is 399 g/mol. The molecule has 0 spiro atoms. The number of methoxy groups -OCH3 is 1. The normalized spacial score (nSPS) is 11.7. The molecule has 0 bridgehead atoms. The van der Waals surface area contributed by atoms with Gasteiger partial charge < -0.3 is 15.2 Å². The van der Waals surface area contributed by atoms with Crippen molar-refractivity contribution in [3.8, 4) is 11.1 Å². The Kier molecular flexibility index (Phi) is 8.68. The van der Waals surface area contributed by atoms with Crippen LogP contribution in [0.25, 0.3) is 11.1 Å². The molecule has 0 unspecified atom stereocenters. The quantitative estimate of drug-likeness (QED) is 0.584. The first kappa shape index (κ1) is 22.4. The van der Waals surface area contributed by atoms with Crippen LogP contribution in [0.1, 0.15) is 31.7 Å². The molecule has 0 aliphatic carbocycles. The Morgan fingerprint density at radius 2 is 1.90 bits per heavy atom. The van der Waals surface area contributed by atoms with E-state index in [0.29, 0.717) is 6.54 Å². The summed E-state index contributed by atoms with van der Waals surface area (Å²) in [5, 5.41) is 12.2. The van der Waals surface area contributed by atoms with E-state index in [-0.39, 0.29) is 12.5 Å². The molecule has 0 saturated carbocycles. The highest BCUT2D eigenvalue weighted by Gasteiger charge is 2.19. The van der Waals surface area contributed by atoms with E-state index in [9.17, 15) is 14.7 Å². The molecule has 2 rings (SSSR count). The Labute approximate surface area is 172 Å². The highest BCUT2D eigenvalue weighted by atomic mass is 16.5. The number of nitrogens with one attached hydrogen (secondary N) is 1. The van der Waals surface area contributed by atoms with Crippen LogP contribution in [0.4, 0.5) is 10.5 Å². The molecule has 0 aliphatic heterocycles. The molecular weight excluding hydrogens is 368 g/mol. The zero-order chi connectivity index (χ0) is 21.2. The van der Waals surface area contributed by atoms with Gasteiger partial charge >= 0.3 is 12.0 Å². The zero-order valence-electron chi connectivity index (χ0n) is 17.4. The van der Waals surface area contributed by atoms with Gasteiger partial charge in [-0.2, -0.15) is 0 Å². The number of ether oxygens (including phenoxy) is 1. The summed E-state index contributed by atoms with van der Waals surface area (Å²) in [6.45, 7) is 2.79. The summed E-state index contributed by atoms with van der Waals surface area (Å²) in [5.41, 5.74) is 3.50. The Morgan fingerprint density at radius 1 is 1.14 bits per heavy atom. The number of hydrogen-bond acceptors (Lipinski definition) is 3. The third-order valence-corrected chi connectivity index (χ3v) is 4.89. The van der Waals surface area contributed by atoms with Crippen LogP contribution < -0.4 is 10.2 Å². The molecule has 0 aliphatic rings. The predicted molar refractivity (Wildman–Crippen MR) is 115 cm³/mol. The molecule has 0 saturated heterocycles. The Bertz CT molecular complexity index is 822. The fourth-order valence-electron chi connectivity index (χ4n) is 3.14. The van der Waals surface area contributed by atoms with E-state index in [1.807, 2.05) is 48.5 Å². The number of amides is 2. The van der Waals surface area contributed by atoms with Gasteiger partial charge in [0, 0.05) is 32.8 Å². The van der Waals surface area contributed by atoms with Gasteiger partial charge in [-0.25, -0.2) is 9.59 Å². The maximum Gasteiger partial charge on any atom is 0.333 e. The van der Waals surface area contributed by atoms with Crippen molar-refractivity contribution in [2.45, 2.75) is 38.7 Å². The highest BCUT2D eigenvalue weighted by molar-refractivity contribution is 5.92. The summed E-state index contributed by atoms with van der Waals surface area (Å²) in [6, 6.07) is 15.2.